The highest BCUT2D eigenvalue weighted by atomic mass is 35.5. The number of hydrogen-bond donors (Lipinski definition) is 2. The highest BCUT2D eigenvalue weighted by molar-refractivity contribution is 5.87. The van der Waals surface area contributed by atoms with Crippen LogP contribution in [0.2, 0.25) is 0 Å². The quantitative estimate of drug-likeness (QED) is 0.717. The standard InChI is InChI=1S/C21H23FN2O.ClH/c1-23-16-6-8-20-18(12-16)19-13-17(25)7-9-21(19)24(20)11-10-14-2-4-15(22)5-3-14;/h2-5,7,9,13,16,23,25H,6,8,10-12H2,1H3;1H. The van der Waals surface area contributed by atoms with Crippen molar-refractivity contribution in [3.63, 3.8) is 0 Å². The minimum absolute atomic E-state index is 0. The zero-order valence-corrected chi connectivity index (χ0v) is 15.7. The fourth-order valence-corrected chi connectivity index (χ4v) is 4.03. The molecule has 5 heteroatoms. The lowest BCUT2D eigenvalue weighted by atomic mass is 9.91. The molecule has 0 spiro atoms. The van der Waals surface area contributed by atoms with Crippen molar-refractivity contribution in [2.75, 3.05) is 7.05 Å². The van der Waals surface area contributed by atoms with Crippen molar-refractivity contribution in [1.29, 1.82) is 0 Å². The first kappa shape index (κ1) is 18.7. The molecule has 1 aliphatic carbocycles. The van der Waals surface area contributed by atoms with Crippen LogP contribution < -0.4 is 5.32 Å². The minimum Gasteiger partial charge on any atom is -0.508 e. The third kappa shape index (κ3) is 3.44. The lowest BCUT2D eigenvalue weighted by Gasteiger charge is -2.23. The molecule has 2 aromatic carbocycles. The van der Waals surface area contributed by atoms with E-state index < -0.39 is 0 Å². The van der Waals surface area contributed by atoms with Gasteiger partial charge in [-0.25, -0.2) is 4.39 Å². The second-order valence-corrected chi connectivity index (χ2v) is 6.88. The van der Waals surface area contributed by atoms with E-state index in [1.807, 2.05) is 31.3 Å². The molecule has 0 aliphatic heterocycles. The fourth-order valence-electron chi connectivity index (χ4n) is 4.03. The summed E-state index contributed by atoms with van der Waals surface area (Å²) >= 11 is 0. The maximum atomic E-state index is 13.1. The lowest BCUT2D eigenvalue weighted by Crippen LogP contribution is -2.31. The molecule has 1 aliphatic rings. The summed E-state index contributed by atoms with van der Waals surface area (Å²) in [6, 6.07) is 12.9. The predicted octanol–water partition coefficient (Wildman–Crippen LogP) is 4.23. The van der Waals surface area contributed by atoms with Gasteiger partial charge in [0.15, 0.2) is 0 Å². The first-order valence-corrected chi connectivity index (χ1v) is 8.90. The van der Waals surface area contributed by atoms with E-state index in [9.17, 15) is 9.50 Å². The lowest BCUT2D eigenvalue weighted by molar-refractivity contribution is 0.475. The zero-order valence-electron chi connectivity index (χ0n) is 14.8. The number of nitrogens with one attached hydrogen (secondary N) is 1. The Morgan fingerprint density at radius 1 is 1.19 bits per heavy atom. The third-order valence-electron chi connectivity index (χ3n) is 5.40. The van der Waals surface area contributed by atoms with Crippen LogP contribution in [0.25, 0.3) is 10.9 Å². The summed E-state index contributed by atoms with van der Waals surface area (Å²) in [7, 11) is 2.01. The number of likely N-dealkylation sites (N-methyl/N-ethyl adjacent to an activating group) is 1. The molecule has 0 saturated heterocycles. The molecule has 0 saturated carbocycles. The monoisotopic (exact) mass is 374 g/mol. The van der Waals surface area contributed by atoms with E-state index in [0.29, 0.717) is 11.8 Å². The van der Waals surface area contributed by atoms with Gasteiger partial charge in [0.2, 0.25) is 0 Å². The molecule has 3 nitrogen and oxygen atoms in total. The van der Waals surface area contributed by atoms with Gasteiger partial charge in [-0.3, -0.25) is 0 Å². The van der Waals surface area contributed by atoms with Gasteiger partial charge in [0, 0.05) is 29.2 Å². The Bertz CT molecular complexity index is 905. The number of phenols is 1. The molecular weight excluding hydrogens is 351 g/mol. The smallest absolute Gasteiger partial charge is 0.123 e. The zero-order chi connectivity index (χ0) is 17.4. The van der Waals surface area contributed by atoms with Crippen LogP contribution >= 0.6 is 12.4 Å². The SMILES string of the molecule is CNC1CCc2c(c3cc(O)ccc3n2CCc2ccc(F)cc2)C1.Cl. The average Bonchev–Trinajstić information content (AvgIpc) is 2.93. The Kier molecular flexibility index (Phi) is 5.54. The van der Waals surface area contributed by atoms with E-state index in [-0.39, 0.29) is 18.2 Å². The number of hydrogen-bond acceptors (Lipinski definition) is 2. The maximum absolute atomic E-state index is 13.1. The molecule has 1 aromatic heterocycles. The van der Waals surface area contributed by atoms with Crippen molar-refractivity contribution in [3.05, 3.63) is 65.1 Å². The van der Waals surface area contributed by atoms with Crippen LogP contribution in [0.5, 0.6) is 5.75 Å². The van der Waals surface area contributed by atoms with Gasteiger partial charge in [0.25, 0.3) is 0 Å². The summed E-state index contributed by atoms with van der Waals surface area (Å²) in [6.45, 7) is 0.868. The van der Waals surface area contributed by atoms with E-state index in [4.69, 9.17) is 0 Å². The second kappa shape index (κ2) is 7.68. The number of rotatable bonds is 4. The first-order chi connectivity index (χ1) is 12.2. The van der Waals surface area contributed by atoms with Crippen molar-refractivity contribution in [1.82, 2.24) is 9.88 Å². The van der Waals surface area contributed by atoms with Gasteiger partial charge < -0.3 is 15.0 Å². The van der Waals surface area contributed by atoms with Crippen LogP contribution in [0.4, 0.5) is 4.39 Å². The van der Waals surface area contributed by atoms with E-state index in [1.54, 1.807) is 6.07 Å². The van der Waals surface area contributed by atoms with Gasteiger partial charge >= 0.3 is 0 Å². The molecular formula is C21H24ClFN2O. The third-order valence-corrected chi connectivity index (χ3v) is 5.40. The molecule has 26 heavy (non-hydrogen) atoms. The van der Waals surface area contributed by atoms with Crippen molar-refractivity contribution < 1.29 is 9.50 Å². The summed E-state index contributed by atoms with van der Waals surface area (Å²) in [5.41, 5.74) is 5.06. The normalized spacial score (nSPS) is 16.3. The Morgan fingerprint density at radius 2 is 1.96 bits per heavy atom. The Hall–Kier alpha value is -2.04. The number of aromatic hydroxyl groups is 1. The number of benzene rings is 2. The van der Waals surface area contributed by atoms with Crippen LogP contribution in [-0.4, -0.2) is 22.8 Å². The summed E-state index contributed by atoms with van der Waals surface area (Å²) in [6.07, 6.45) is 4.03. The summed E-state index contributed by atoms with van der Waals surface area (Å²) < 4.78 is 15.5. The van der Waals surface area contributed by atoms with Crippen LogP contribution in [-0.2, 0) is 25.8 Å². The number of aromatic nitrogens is 1. The Balaban J connectivity index is 0.00000196. The molecule has 3 aromatic rings. The molecule has 138 valence electrons. The van der Waals surface area contributed by atoms with Crippen LogP contribution in [0.3, 0.4) is 0 Å². The summed E-state index contributed by atoms with van der Waals surface area (Å²) in [5.74, 6) is 0.124. The highest BCUT2D eigenvalue weighted by Gasteiger charge is 2.24. The van der Waals surface area contributed by atoms with Crippen molar-refractivity contribution in [2.24, 2.45) is 0 Å². The van der Waals surface area contributed by atoms with Crippen molar-refractivity contribution in [3.8, 4) is 5.75 Å². The Morgan fingerprint density at radius 3 is 2.69 bits per heavy atom. The number of halogens is 2. The molecule has 1 atom stereocenters. The van der Waals surface area contributed by atoms with E-state index >= 15 is 0 Å². The van der Waals surface area contributed by atoms with Gasteiger partial charge in [-0.1, -0.05) is 12.1 Å². The maximum Gasteiger partial charge on any atom is 0.123 e. The first-order valence-electron chi connectivity index (χ1n) is 8.90. The minimum atomic E-state index is -0.193. The second-order valence-electron chi connectivity index (χ2n) is 6.88. The van der Waals surface area contributed by atoms with E-state index in [1.165, 1.54) is 28.9 Å². The molecule has 4 rings (SSSR count). The number of aryl methyl sites for hydroxylation is 2. The topological polar surface area (TPSA) is 37.2 Å². The van der Waals surface area contributed by atoms with Gasteiger partial charge in [-0.2, -0.15) is 0 Å². The average molecular weight is 375 g/mol. The highest BCUT2D eigenvalue weighted by Crippen LogP contribution is 2.34. The molecule has 0 bridgehead atoms. The van der Waals surface area contributed by atoms with Gasteiger partial charge in [-0.05, 0) is 74.2 Å². The Labute approximate surface area is 159 Å². The van der Waals surface area contributed by atoms with Crippen LogP contribution in [0.15, 0.2) is 42.5 Å². The number of phenolic OH excluding ortho intramolecular Hbond substituents is 1. The summed E-state index contributed by atoms with van der Waals surface area (Å²) in [5, 5.41) is 14.5. The van der Waals surface area contributed by atoms with Gasteiger partial charge in [-0.15, -0.1) is 12.4 Å². The number of nitrogens with zero attached hydrogens (tertiary/aromatic N) is 1. The molecule has 0 amide bonds. The predicted molar refractivity (Wildman–Crippen MR) is 106 cm³/mol. The van der Waals surface area contributed by atoms with Crippen molar-refractivity contribution >= 4 is 23.3 Å². The molecule has 1 unspecified atom stereocenters. The van der Waals surface area contributed by atoms with Gasteiger partial charge in [0.1, 0.15) is 11.6 Å². The van der Waals surface area contributed by atoms with Gasteiger partial charge in [0.05, 0.1) is 0 Å². The van der Waals surface area contributed by atoms with Crippen molar-refractivity contribution in [2.45, 2.75) is 38.3 Å². The molecule has 1 heterocycles. The molecule has 0 fully saturated rings. The van der Waals surface area contributed by atoms with E-state index in [0.717, 1.165) is 43.2 Å². The molecule has 2 N–H and O–H groups in total. The molecule has 0 radical (unpaired) electrons. The summed E-state index contributed by atoms with van der Waals surface area (Å²) in [4.78, 5) is 0. The number of fused-ring (bicyclic) bond motifs is 3. The van der Waals surface area contributed by atoms with Crippen LogP contribution in [0.1, 0.15) is 23.2 Å². The largest absolute Gasteiger partial charge is 0.508 e. The van der Waals surface area contributed by atoms with Crippen LogP contribution in [0, 0.1) is 5.82 Å². The fraction of sp³-hybridized carbons (Fsp3) is 0.333. The van der Waals surface area contributed by atoms with E-state index in [2.05, 4.69) is 9.88 Å².